The molecule has 21 heavy (non-hydrogen) atoms. The van der Waals surface area contributed by atoms with Gasteiger partial charge >= 0.3 is 5.97 Å². The van der Waals surface area contributed by atoms with Gasteiger partial charge in [-0.3, -0.25) is 14.5 Å². The number of carbonyl (C=O) groups excluding carboxylic acids is 1. The van der Waals surface area contributed by atoms with E-state index < -0.39 is 24.2 Å². The summed E-state index contributed by atoms with van der Waals surface area (Å²) >= 11 is 0. The fourth-order valence-electron chi connectivity index (χ4n) is 1.88. The molecule has 3 N–H and O–H groups in total. The highest BCUT2D eigenvalue weighted by atomic mass is 19.1. The zero-order chi connectivity index (χ0) is 15.4. The van der Waals surface area contributed by atoms with Crippen LogP contribution in [0.5, 0.6) is 0 Å². The van der Waals surface area contributed by atoms with E-state index in [1.165, 1.54) is 6.07 Å². The first-order chi connectivity index (χ1) is 9.99. The first-order valence-corrected chi connectivity index (χ1v) is 6.13. The summed E-state index contributed by atoms with van der Waals surface area (Å²) < 4.78 is 13.3. The number of amides is 1. The molecule has 0 spiro atoms. The monoisotopic (exact) mass is 288 g/mol. The van der Waals surface area contributed by atoms with Gasteiger partial charge in [-0.15, -0.1) is 0 Å². The van der Waals surface area contributed by atoms with Crippen LogP contribution in [0.15, 0.2) is 48.5 Å². The van der Waals surface area contributed by atoms with E-state index in [-0.39, 0.29) is 11.3 Å². The number of carboxylic acids is 1. The molecular weight excluding hydrogens is 275 g/mol. The number of hydrogen-bond donors (Lipinski definition) is 2. The summed E-state index contributed by atoms with van der Waals surface area (Å²) in [5.41, 5.74) is 6.09. The van der Waals surface area contributed by atoms with E-state index in [2.05, 4.69) is 0 Å². The van der Waals surface area contributed by atoms with Crippen LogP contribution in [0.3, 0.4) is 0 Å². The number of carboxylic acid groups (broad SMARTS) is 1. The van der Waals surface area contributed by atoms with E-state index in [9.17, 15) is 14.0 Å². The van der Waals surface area contributed by atoms with Crippen LogP contribution in [0, 0.1) is 5.82 Å². The molecular formula is C15H13FN2O3. The third-order valence-corrected chi connectivity index (χ3v) is 2.85. The lowest BCUT2D eigenvalue weighted by Crippen LogP contribution is -2.36. The molecule has 0 aliphatic heterocycles. The third-order valence-electron chi connectivity index (χ3n) is 2.85. The summed E-state index contributed by atoms with van der Waals surface area (Å²) in [6.07, 6.45) is 0. The SMILES string of the molecule is Nc1ccc(F)cc1C(=O)N(CC(=O)O)c1ccccc1. The van der Waals surface area contributed by atoms with Gasteiger partial charge in [-0.1, -0.05) is 18.2 Å². The quantitative estimate of drug-likeness (QED) is 0.844. The molecule has 0 saturated heterocycles. The Bertz CT molecular complexity index is 674. The molecule has 108 valence electrons. The van der Waals surface area contributed by atoms with Gasteiger partial charge in [0.1, 0.15) is 12.4 Å². The number of carbonyl (C=O) groups is 2. The normalized spacial score (nSPS) is 10.1. The first kappa shape index (κ1) is 14.5. The fourth-order valence-corrected chi connectivity index (χ4v) is 1.88. The summed E-state index contributed by atoms with van der Waals surface area (Å²) in [6, 6.07) is 11.7. The van der Waals surface area contributed by atoms with Crippen molar-refractivity contribution in [1.82, 2.24) is 0 Å². The number of nitrogens with two attached hydrogens (primary N) is 1. The Kier molecular flexibility index (Phi) is 4.18. The van der Waals surface area contributed by atoms with Crippen molar-refractivity contribution in [3.8, 4) is 0 Å². The van der Waals surface area contributed by atoms with Crippen molar-refractivity contribution in [2.24, 2.45) is 0 Å². The van der Waals surface area contributed by atoms with E-state index in [4.69, 9.17) is 10.8 Å². The lowest BCUT2D eigenvalue weighted by Gasteiger charge is -2.21. The highest BCUT2D eigenvalue weighted by Crippen LogP contribution is 2.20. The number of nitrogen functional groups attached to an aromatic ring is 1. The number of halogens is 1. The van der Waals surface area contributed by atoms with Gasteiger partial charge in [-0.2, -0.15) is 0 Å². The van der Waals surface area contributed by atoms with Crippen LogP contribution in [0.4, 0.5) is 15.8 Å². The molecule has 0 aliphatic rings. The molecule has 0 aliphatic carbocycles. The van der Waals surface area contributed by atoms with Crippen molar-refractivity contribution in [3.05, 3.63) is 59.9 Å². The van der Waals surface area contributed by atoms with Crippen LogP contribution in [0.25, 0.3) is 0 Å². The van der Waals surface area contributed by atoms with Gasteiger partial charge in [0.05, 0.1) is 5.56 Å². The van der Waals surface area contributed by atoms with Crippen molar-refractivity contribution >= 4 is 23.3 Å². The predicted octanol–water partition coefficient (Wildman–Crippen LogP) is 2.14. The second-order valence-corrected chi connectivity index (χ2v) is 4.35. The first-order valence-electron chi connectivity index (χ1n) is 6.13. The van der Waals surface area contributed by atoms with Crippen molar-refractivity contribution < 1.29 is 19.1 Å². The van der Waals surface area contributed by atoms with Crippen LogP contribution in [0.1, 0.15) is 10.4 Å². The third kappa shape index (κ3) is 3.36. The average Bonchev–Trinajstić information content (AvgIpc) is 2.47. The minimum Gasteiger partial charge on any atom is -0.480 e. The predicted molar refractivity (Wildman–Crippen MR) is 76.6 cm³/mol. The van der Waals surface area contributed by atoms with E-state index in [0.717, 1.165) is 17.0 Å². The average molecular weight is 288 g/mol. The standard InChI is InChI=1S/C15H13FN2O3/c16-10-6-7-13(17)12(8-10)15(21)18(9-14(19)20)11-4-2-1-3-5-11/h1-8H,9,17H2,(H,19,20). The number of benzene rings is 2. The summed E-state index contributed by atoms with van der Waals surface area (Å²) in [6.45, 7) is -0.543. The molecule has 5 nitrogen and oxygen atoms in total. The van der Waals surface area contributed by atoms with Crippen molar-refractivity contribution in [1.29, 1.82) is 0 Å². The minimum absolute atomic E-state index is 0.0693. The van der Waals surface area contributed by atoms with E-state index in [1.807, 2.05) is 0 Å². The summed E-state index contributed by atoms with van der Waals surface area (Å²) in [5, 5.41) is 8.97. The van der Waals surface area contributed by atoms with Gasteiger partial charge in [-0.25, -0.2) is 4.39 Å². The molecule has 0 atom stereocenters. The molecule has 2 rings (SSSR count). The molecule has 0 unspecified atom stereocenters. The molecule has 0 saturated carbocycles. The number of hydrogen-bond acceptors (Lipinski definition) is 3. The number of anilines is 2. The molecule has 0 fully saturated rings. The molecule has 1 amide bonds. The molecule has 0 aromatic heterocycles. The summed E-state index contributed by atoms with van der Waals surface area (Å²) in [7, 11) is 0. The lowest BCUT2D eigenvalue weighted by molar-refractivity contribution is -0.135. The maximum Gasteiger partial charge on any atom is 0.323 e. The van der Waals surface area contributed by atoms with Crippen molar-refractivity contribution in [2.75, 3.05) is 17.2 Å². The second kappa shape index (κ2) is 6.04. The Morgan fingerprint density at radius 2 is 1.81 bits per heavy atom. The van der Waals surface area contributed by atoms with Crippen LogP contribution in [0.2, 0.25) is 0 Å². The summed E-state index contributed by atoms with van der Waals surface area (Å²) in [5.74, 6) is -2.46. The molecule has 0 bridgehead atoms. The Balaban J connectivity index is 2.43. The zero-order valence-electron chi connectivity index (χ0n) is 11.0. The fraction of sp³-hybridized carbons (Fsp3) is 0.0667. The Hall–Kier alpha value is -2.89. The maximum atomic E-state index is 13.3. The van der Waals surface area contributed by atoms with Gasteiger partial charge in [0, 0.05) is 11.4 Å². The van der Waals surface area contributed by atoms with Crippen LogP contribution < -0.4 is 10.6 Å². The van der Waals surface area contributed by atoms with Gasteiger partial charge in [0.2, 0.25) is 0 Å². The zero-order valence-corrected chi connectivity index (χ0v) is 11.0. The second-order valence-electron chi connectivity index (χ2n) is 4.35. The van der Waals surface area contributed by atoms with E-state index in [1.54, 1.807) is 30.3 Å². The van der Waals surface area contributed by atoms with Gasteiger partial charge < -0.3 is 10.8 Å². The van der Waals surface area contributed by atoms with Crippen LogP contribution >= 0.6 is 0 Å². The maximum absolute atomic E-state index is 13.3. The van der Waals surface area contributed by atoms with Crippen molar-refractivity contribution in [3.63, 3.8) is 0 Å². The van der Waals surface area contributed by atoms with E-state index >= 15 is 0 Å². The number of aliphatic carboxylic acids is 1. The lowest BCUT2D eigenvalue weighted by atomic mass is 10.1. The Morgan fingerprint density at radius 1 is 1.14 bits per heavy atom. The van der Waals surface area contributed by atoms with Gasteiger partial charge in [0.25, 0.3) is 5.91 Å². The van der Waals surface area contributed by atoms with Crippen molar-refractivity contribution in [2.45, 2.75) is 0 Å². The van der Waals surface area contributed by atoms with Crippen LogP contribution in [-0.4, -0.2) is 23.5 Å². The molecule has 2 aromatic rings. The van der Waals surface area contributed by atoms with Crippen LogP contribution in [-0.2, 0) is 4.79 Å². The molecule has 0 radical (unpaired) electrons. The molecule has 2 aromatic carbocycles. The number of rotatable bonds is 4. The number of para-hydroxylation sites is 1. The highest BCUT2D eigenvalue weighted by Gasteiger charge is 2.22. The largest absolute Gasteiger partial charge is 0.480 e. The Morgan fingerprint density at radius 3 is 2.43 bits per heavy atom. The molecule has 0 heterocycles. The highest BCUT2D eigenvalue weighted by molar-refractivity contribution is 6.11. The Labute approximate surface area is 120 Å². The number of nitrogens with zero attached hydrogens (tertiary/aromatic N) is 1. The minimum atomic E-state index is -1.18. The topological polar surface area (TPSA) is 83.6 Å². The smallest absolute Gasteiger partial charge is 0.323 e. The molecule has 6 heteroatoms. The van der Waals surface area contributed by atoms with E-state index in [0.29, 0.717) is 5.69 Å². The summed E-state index contributed by atoms with van der Waals surface area (Å²) in [4.78, 5) is 24.5. The van der Waals surface area contributed by atoms with Gasteiger partial charge in [0.15, 0.2) is 0 Å². The van der Waals surface area contributed by atoms with Gasteiger partial charge in [-0.05, 0) is 30.3 Å².